The quantitative estimate of drug-likeness (QED) is 0.532. The Morgan fingerprint density at radius 1 is 1.06 bits per heavy atom. The topological polar surface area (TPSA) is 67.8 Å². The van der Waals surface area contributed by atoms with Crippen molar-refractivity contribution in [3.63, 3.8) is 0 Å². The summed E-state index contributed by atoms with van der Waals surface area (Å²) in [5.41, 5.74) is 1.08. The highest BCUT2D eigenvalue weighted by atomic mass is 16.5. The van der Waals surface area contributed by atoms with Gasteiger partial charge in [0.2, 0.25) is 11.8 Å². The maximum Gasteiger partial charge on any atom is 0.230 e. The average Bonchev–Trinajstić information content (AvgIpc) is 2.85. The number of aromatic nitrogens is 2. The van der Waals surface area contributed by atoms with Gasteiger partial charge < -0.3 is 19.3 Å². The third-order valence-corrected chi connectivity index (χ3v) is 6.05. The van der Waals surface area contributed by atoms with Gasteiger partial charge in [-0.25, -0.2) is 9.97 Å². The minimum atomic E-state index is -0.108. The number of nitrogens with zero attached hydrogens (tertiary/aromatic N) is 4. The molecule has 1 saturated heterocycles. The average molecular weight is 447 g/mol. The van der Waals surface area contributed by atoms with Crippen LogP contribution in [-0.4, -0.2) is 53.6 Å². The van der Waals surface area contributed by atoms with Crippen molar-refractivity contribution < 1.29 is 14.3 Å². The van der Waals surface area contributed by atoms with Gasteiger partial charge in [0.15, 0.2) is 0 Å². The fourth-order valence-electron chi connectivity index (χ4n) is 4.25. The second-order valence-corrected chi connectivity index (χ2v) is 8.19. The summed E-state index contributed by atoms with van der Waals surface area (Å²) in [6.07, 6.45) is 2.30. The van der Waals surface area contributed by atoms with Crippen molar-refractivity contribution in [2.24, 2.45) is 0 Å². The molecule has 0 unspecified atom stereocenters. The van der Waals surface area contributed by atoms with Gasteiger partial charge in [0, 0.05) is 31.7 Å². The molecule has 1 fully saturated rings. The second-order valence-electron chi connectivity index (χ2n) is 8.19. The van der Waals surface area contributed by atoms with E-state index < -0.39 is 0 Å². The van der Waals surface area contributed by atoms with Gasteiger partial charge in [-0.1, -0.05) is 37.3 Å². The van der Waals surface area contributed by atoms with Gasteiger partial charge in [-0.2, -0.15) is 0 Å². The Bertz CT molecular complexity index is 1060. The molecule has 0 bridgehead atoms. The van der Waals surface area contributed by atoms with Crippen LogP contribution in [0.2, 0.25) is 0 Å². The van der Waals surface area contributed by atoms with E-state index in [4.69, 9.17) is 9.47 Å². The van der Waals surface area contributed by atoms with Crippen LogP contribution in [0, 0.1) is 0 Å². The number of carbonyl (C=O) groups is 1. The molecule has 2 heterocycles. The summed E-state index contributed by atoms with van der Waals surface area (Å²) in [5.74, 6) is 2.81. The minimum Gasteiger partial charge on any atom is -0.497 e. The van der Waals surface area contributed by atoms with Crippen LogP contribution in [0.4, 0.5) is 5.82 Å². The first kappa shape index (κ1) is 22.6. The molecule has 3 aromatic rings. The molecule has 1 aliphatic rings. The molecule has 4 rings (SSSR count). The van der Waals surface area contributed by atoms with E-state index in [0.717, 1.165) is 23.6 Å². The maximum absolute atomic E-state index is 13.3. The van der Waals surface area contributed by atoms with Gasteiger partial charge in [0.1, 0.15) is 23.6 Å². The first-order valence-electron chi connectivity index (χ1n) is 11.3. The molecule has 1 amide bonds. The van der Waals surface area contributed by atoms with Crippen LogP contribution >= 0.6 is 0 Å². The zero-order chi connectivity index (χ0) is 23.2. The third kappa shape index (κ3) is 5.25. The monoisotopic (exact) mass is 446 g/mol. The number of rotatable bonds is 7. The summed E-state index contributed by atoms with van der Waals surface area (Å²) in [5, 5.41) is 0. The summed E-state index contributed by atoms with van der Waals surface area (Å²) in [7, 11) is 1.63. The lowest BCUT2D eigenvalue weighted by Gasteiger charge is -2.41. The van der Waals surface area contributed by atoms with Gasteiger partial charge in [-0.15, -0.1) is 0 Å². The number of ether oxygens (including phenoxy) is 2. The van der Waals surface area contributed by atoms with E-state index in [1.807, 2.05) is 65.6 Å². The van der Waals surface area contributed by atoms with Crippen molar-refractivity contribution in [1.29, 1.82) is 0 Å². The molecule has 2 atom stereocenters. The van der Waals surface area contributed by atoms with Crippen molar-refractivity contribution in [2.75, 3.05) is 31.6 Å². The first-order valence-corrected chi connectivity index (χ1v) is 11.3. The molecule has 7 nitrogen and oxygen atoms in total. The molecule has 1 aliphatic heterocycles. The molecule has 0 aliphatic carbocycles. The fourth-order valence-corrected chi connectivity index (χ4v) is 4.25. The van der Waals surface area contributed by atoms with Crippen LogP contribution in [0.5, 0.6) is 17.4 Å². The zero-order valence-electron chi connectivity index (χ0n) is 19.3. The maximum atomic E-state index is 13.3. The molecule has 0 spiro atoms. The summed E-state index contributed by atoms with van der Waals surface area (Å²) < 4.78 is 11.1. The lowest BCUT2D eigenvalue weighted by Crippen LogP contribution is -2.55. The third-order valence-electron chi connectivity index (χ3n) is 6.05. The highest BCUT2D eigenvalue weighted by Crippen LogP contribution is 2.28. The molecule has 1 aromatic heterocycles. The van der Waals surface area contributed by atoms with Crippen LogP contribution in [0.25, 0.3) is 0 Å². The van der Waals surface area contributed by atoms with Crippen molar-refractivity contribution in [2.45, 2.75) is 32.2 Å². The number of benzene rings is 2. The van der Waals surface area contributed by atoms with Gasteiger partial charge in [-0.05, 0) is 43.2 Å². The second kappa shape index (κ2) is 10.3. The summed E-state index contributed by atoms with van der Waals surface area (Å²) in [6.45, 7) is 6.23. The molecular formula is C26H30N4O3. The van der Waals surface area contributed by atoms with Crippen molar-refractivity contribution in [1.82, 2.24) is 14.9 Å². The van der Waals surface area contributed by atoms with E-state index in [1.165, 1.54) is 6.33 Å². The van der Waals surface area contributed by atoms with E-state index in [9.17, 15) is 4.79 Å². The van der Waals surface area contributed by atoms with Gasteiger partial charge in [-0.3, -0.25) is 4.79 Å². The Morgan fingerprint density at radius 2 is 1.79 bits per heavy atom. The Morgan fingerprint density at radius 3 is 2.45 bits per heavy atom. The van der Waals surface area contributed by atoms with Crippen molar-refractivity contribution >= 4 is 11.7 Å². The Hall–Kier alpha value is -3.61. The first-order chi connectivity index (χ1) is 16.1. The number of anilines is 1. The predicted molar refractivity (Wildman–Crippen MR) is 128 cm³/mol. The Kier molecular flexibility index (Phi) is 7.07. The molecule has 0 saturated carbocycles. The van der Waals surface area contributed by atoms with Gasteiger partial charge >= 0.3 is 0 Å². The van der Waals surface area contributed by atoms with Crippen LogP contribution in [0.1, 0.15) is 31.7 Å². The smallest absolute Gasteiger partial charge is 0.230 e. The number of piperazine rings is 1. The number of carbonyl (C=O) groups excluding carboxylic acids is 1. The standard InChI is InChI=1S/C26H30N4O3/c1-4-23(20-8-6-5-7-9-20)26(31)30-15-14-29(17-19(30)2)24-16-25(28-18-27-24)33-22-12-10-21(32-3)11-13-22/h5-13,16,18-19,23H,4,14-15,17H2,1-3H3/t19-,23+/m0/s1. The molecule has 172 valence electrons. The molecule has 33 heavy (non-hydrogen) atoms. The Balaban J connectivity index is 1.42. The SMILES string of the molecule is CC[C@@H](C(=O)N1CCN(c2cc(Oc3ccc(OC)cc3)ncn2)C[C@@H]1C)c1ccccc1. The summed E-state index contributed by atoms with van der Waals surface area (Å²) in [6, 6.07) is 19.3. The van der Waals surface area contributed by atoms with E-state index in [0.29, 0.717) is 31.3 Å². The van der Waals surface area contributed by atoms with E-state index in [2.05, 4.69) is 28.7 Å². The van der Waals surface area contributed by atoms with Crippen LogP contribution in [0.15, 0.2) is 67.0 Å². The van der Waals surface area contributed by atoms with E-state index in [-0.39, 0.29) is 17.9 Å². The minimum absolute atomic E-state index is 0.0740. The van der Waals surface area contributed by atoms with E-state index >= 15 is 0 Å². The van der Waals surface area contributed by atoms with Gasteiger partial charge in [0.25, 0.3) is 0 Å². The lowest BCUT2D eigenvalue weighted by molar-refractivity contribution is -0.135. The lowest BCUT2D eigenvalue weighted by atomic mass is 9.94. The number of hydrogen-bond acceptors (Lipinski definition) is 6. The molecule has 0 radical (unpaired) electrons. The highest BCUT2D eigenvalue weighted by Gasteiger charge is 2.32. The normalized spacial score (nSPS) is 16.9. The van der Waals surface area contributed by atoms with E-state index in [1.54, 1.807) is 7.11 Å². The Labute approximate surface area is 195 Å². The van der Waals surface area contributed by atoms with Crippen LogP contribution in [0.3, 0.4) is 0 Å². The summed E-state index contributed by atoms with van der Waals surface area (Å²) in [4.78, 5) is 26.2. The molecule has 0 N–H and O–H groups in total. The van der Waals surface area contributed by atoms with Crippen molar-refractivity contribution in [3.8, 4) is 17.4 Å². The number of methoxy groups -OCH3 is 1. The molecular weight excluding hydrogens is 416 g/mol. The van der Waals surface area contributed by atoms with Crippen LogP contribution in [-0.2, 0) is 4.79 Å². The molecule has 2 aromatic carbocycles. The largest absolute Gasteiger partial charge is 0.497 e. The highest BCUT2D eigenvalue weighted by molar-refractivity contribution is 5.84. The van der Waals surface area contributed by atoms with Crippen LogP contribution < -0.4 is 14.4 Å². The number of hydrogen-bond donors (Lipinski definition) is 0. The number of amides is 1. The zero-order valence-corrected chi connectivity index (χ0v) is 19.3. The summed E-state index contributed by atoms with van der Waals surface area (Å²) >= 11 is 0. The fraction of sp³-hybridized carbons (Fsp3) is 0.346. The molecule has 7 heteroatoms. The van der Waals surface area contributed by atoms with Crippen molar-refractivity contribution in [3.05, 3.63) is 72.6 Å². The van der Waals surface area contributed by atoms with Gasteiger partial charge in [0.05, 0.1) is 13.0 Å². The predicted octanol–water partition coefficient (Wildman–Crippen LogP) is 4.51.